The van der Waals surface area contributed by atoms with E-state index in [0.29, 0.717) is 25.6 Å². The number of carbonyl (C=O) groups excluding carboxylic acids is 1. The van der Waals surface area contributed by atoms with Crippen LogP contribution in [0.5, 0.6) is 0 Å². The van der Waals surface area contributed by atoms with E-state index in [1.165, 1.54) is 7.11 Å². The molecular formula is C13H23NO5. The number of nitrogens with one attached hydrogen (secondary N) is 1. The molecule has 0 aromatic carbocycles. The van der Waals surface area contributed by atoms with Crippen LogP contribution in [0.3, 0.4) is 0 Å². The first-order valence-electron chi connectivity index (χ1n) is 6.69. The van der Waals surface area contributed by atoms with Gasteiger partial charge in [-0.25, -0.2) is 4.79 Å². The lowest BCUT2D eigenvalue weighted by Gasteiger charge is -2.34. The van der Waals surface area contributed by atoms with Gasteiger partial charge >= 0.3 is 5.97 Å². The van der Waals surface area contributed by atoms with Gasteiger partial charge in [0, 0.05) is 33.2 Å². The molecule has 2 N–H and O–H groups in total. The number of carboxylic acid groups (broad SMARTS) is 1. The lowest BCUT2D eigenvalue weighted by atomic mass is 9.80. The molecule has 0 aliphatic heterocycles. The lowest BCUT2D eigenvalue weighted by Crippen LogP contribution is -2.43. The maximum Gasteiger partial charge on any atom is 0.326 e. The van der Waals surface area contributed by atoms with Gasteiger partial charge in [0.15, 0.2) is 0 Å². The Morgan fingerprint density at radius 1 is 1.42 bits per heavy atom. The van der Waals surface area contributed by atoms with Crippen molar-refractivity contribution in [3.05, 3.63) is 0 Å². The third-order valence-corrected chi connectivity index (χ3v) is 3.31. The minimum absolute atomic E-state index is 0.205. The Balaban J connectivity index is 2.24. The van der Waals surface area contributed by atoms with Crippen molar-refractivity contribution in [3.63, 3.8) is 0 Å². The maximum absolute atomic E-state index is 11.7. The first kappa shape index (κ1) is 15.9. The Kier molecular flexibility index (Phi) is 6.80. The van der Waals surface area contributed by atoms with Crippen LogP contribution in [0.15, 0.2) is 0 Å². The smallest absolute Gasteiger partial charge is 0.326 e. The molecule has 0 bridgehead atoms. The number of carboxylic acids is 1. The van der Waals surface area contributed by atoms with Crippen LogP contribution in [0.1, 0.15) is 32.6 Å². The van der Waals surface area contributed by atoms with Gasteiger partial charge in [-0.05, 0) is 25.7 Å². The summed E-state index contributed by atoms with van der Waals surface area (Å²) in [4.78, 5) is 22.7. The van der Waals surface area contributed by atoms with Gasteiger partial charge in [-0.2, -0.15) is 0 Å². The Hall–Kier alpha value is -1.14. The number of hydrogen-bond acceptors (Lipinski definition) is 4. The molecule has 0 aromatic rings. The molecule has 1 fully saturated rings. The molecule has 6 nitrogen and oxygen atoms in total. The summed E-state index contributed by atoms with van der Waals surface area (Å²) in [5, 5.41) is 11.5. The van der Waals surface area contributed by atoms with Crippen molar-refractivity contribution < 1.29 is 24.2 Å². The number of rotatable bonds is 9. The summed E-state index contributed by atoms with van der Waals surface area (Å²) in [5.41, 5.74) is 0. The van der Waals surface area contributed by atoms with Gasteiger partial charge in [0.25, 0.3) is 0 Å². The van der Waals surface area contributed by atoms with Gasteiger partial charge in [0.1, 0.15) is 6.04 Å². The zero-order valence-corrected chi connectivity index (χ0v) is 11.6. The molecule has 0 radical (unpaired) electrons. The zero-order valence-electron chi connectivity index (χ0n) is 11.6. The van der Waals surface area contributed by atoms with Crippen molar-refractivity contribution in [2.24, 2.45) is 5.92 Å². The minimum atomic E-state index is -1.02. The van der Waals surface area contributed by atoms with Gasteiger partial charge in [-0.15, -0.1) is 0 Å². The third-order valence-electron chi connectivity index (χ3n) is 3.31. The van der Waals surface area contributed by atoms with Crippen LogP contribution in [0, 0.1) is 5.92 Å². The summed E-state index contributed by atoms with van der Waals surface area (Å²) in [6.07, 6.45) is 2.70. The fourth-order valence-electron chi connectivity index (χ4n) is 2.22. The van der Waals surface area contributed by atoms with Crippen LogP contribution in [-0.2, 0) is 19.1 Å². The number of methoxy groups -OCH3 is 1. The van der Waals surface area contributed by atoms with Crippen LogP contribution >= 0.6 is 0 Å². The maximum atomic E-state index is 11.7. The van der Waals surface area contributed by atoms with Crippen molar-refractivity contribution in [2.75, 3.05) is 20.3 Å². The predicted molar refractivity (Wildman–Crippen MR) is 68.8 cm³/mol. The fraction of sp³-hybridized carbons (Fsp3) is 0.846. The monoisotopic (exact) mass is 273 g/mol. The molecule has 0 heterocycles. The van der Waals surface area contributed by atoms with Crippen molar-refractivity contribution in [1.82, 2.24) is 5.32 Å². The molecule has 1 saturated carbocycles. The number of carbonyl (C=O) groups is 2. The van der Waals surface area contributed by atoms with E-state index in [1.54, 1.807) is 0 Å². The molecule has 0 aromatic heterocycles. The Morgan fingerprint density at radius 2 is 2.11 bits per heavy atom. The van der Waals surface area contributed by atoms with Crippen LogP contribution in [0.25, 0.3) is 0 Å². The van der Waals surface area contributed by atoms with Crippen molar-refractivity contribution in [2.45, 2.75) is 44.8 Å². The average molecular weight is 273 g/mol. The molecule has 1 atom stereocenters. The normalized spacial score (nSPS) is 23.5. The van der Waals surface area contributed by atoms with Gasteiger partial charge in [-0.3, -0.25) is 4.79 Å². The van der Waals surface area contributed by atoms with Gasteiger partial charge in [0.05, 0.1) is 6.10 Å². The second-order valence-corrected chi connectivity index (χ2v) is 4.86. The molecule has 1 unspecified atom stereocenters. The zero-order chi connectivity index (χ0) is 14.3. The molecule has 1 aliphatic carbocycles. The summed E-state index contributed by atoms with van der Waals surface area (Å²) in [6, 6.07) is -0.866. The van der Waals surface area contributed by atoms with Crippen LogP contribution in [-0.4, -0.2) is 49.5 Å². The predicted octanol–water partition coefficient (Wildman–Crippen LogP) is 0.798. The Labute approximate surface area is 113 Å². The topological polar surface area (TPSA) is 84.9 Å². The Morgan fingerprint density at radius 3 is 2.63 bits per heavy atom. The second kappa shape index (κ2) is 8.12. The number of ether oxygens (including phenoxy) is 2. The van der Waals surface area contributed by atoms with E-state index in [1.807, 2.05) is 6.92 Å². The summed E-state index contributed by atoms with van der Waals surface area (Å²) in [6.45, 7) is 2.96. The first-order chi connectivity index (χ1) is 9.06. The van der Waals surface area contributed by atoms with E-state index < -0.39 is 12.0 Å². The molecule has 0 spiro atoms. The van der Waals surface area contributed by atoms with Crippen molar-refractivity contribution in [3.8, 4) is 0 Å². The standard InChI is InChI=1S/C13H23NO5/c1-3-19-10-6-9(7-10)8-12(15)14-11(13(16)17)4-5-18-2/h9-11H,3-8H2,1-2H3,(H,14,15)(H,16,17). The quantitative estimate of drug-likeness (QED) is 0.649. The highest BCUT2D eigenvalue weighted by molar-refractivity contribution is 5.83. The van der Waals surface area contributed by atoms with E-state index in [9.17, 15) is 9.59 Å². The van der Waals surface area contributed by atoms with Gasteiger partial charge < -0.3 is 19.9 Å². The van der Waals surface area contributed by atoms with E-state index in [4.69, 9.17) is 14.6 Å². The van der Waals surface area contributed by atoms with E-state index in [2.05, 4.69) is 5.32 Å². The van der Waals surface area contributed by atoms with Gasteiger partial charge in [-0.1, -0.05) is 0 Å². The first-order valence-corrected chi connectivity index (χ1v) is 6.69. The molecule has 1 amide bonds. The SMILES string of the molecule is CCOC1CC(CC(=O)NC(CCOC)C(=O)O)C1. The summed E-state index contributed by atoms with van der Waals surface area (Å²) >= 11 is 0. The Bertz CT molecular complexity index is 301. The molecule has 1 rings (SSSR count). The molecule has 1 aliphatic rings. The summed E-state index contributed by atoms with van der Waals surface area (Å²) < 4.78 is 10.2. The molecule has 0 saturated heterocycles. The average Bonchev–Trinajstić information content (AvgIpc) is 2.31. The largest absolute Gasteiger partial charge is 0.480 e. The van der Waals surface area contributed by atoms with E-state index >= 15 is 0 Å². The molecule has 6 heteroatoms. The fourth-order valence-corrected chi connectivity index (χ4v) is 2.22. The highest BCUT2D eigenvalue weighted by Gasteiger charge is 2.32. The van der Waals surface area contributed by atoms with E-state index in [0.717, 1.165) is 12.8 Å². The second-order valence-electron chi connectivity index (χ2n) is 4.86. The highest BCUT2D eigenvalue weighted by Crippen LogP contribution is 2.32. The van der Waals surface area contributed by atoms with Crippen LogP contribution in [0.2, 0.25) is 0 Å². The summed E-state index contributed by atoms with van der Waals surface area (Å²) in [7, 11) is 1.50. The molecular weight excluding hydrogens is 250 g/mol. The lowest BCUT2D eigenvalue weighted by molar-refractivity contribution is -0.142. The number of hydrogen-bond donors (Lipinski definition) is 2. The number of aliphatic carboxylic acids is 1. The van der Waals surface area contributed by atoms with Crippen LogP contribution < -0.4 is 5.32 Å². The summed E-state index contributed by atoms with van der Waals surface area (Å²) in [5.74, 6) is -0.914. The van der Waals surface area contributed by atoms with Crippen molar-refractivity contribution >= 4 is 11.9 Å². The van der Waals surface area contributed by atoms with Gasteiger partial charge in [0.2, 0.25) is 5.91 Å². The number of amides is 1. The minimum Gasteiger partial charge on any atom is -0.480 e. The van der Waals surface area contributed by atoms with Crippen LogP contribution in [0.4, 0.5) is 0 Å². The van der Waals surface area contributed by atoms with Crippen molar-refractivity contribution in [1.29, 1.82) is 0 Å². The van der Waals surface area contributed by atoms with E-state index in [-0.39, 0.29) is 18.4 Å². The third kappa shape index (κ3) is 5.57. The molecule has 110 valence electrons. The molecule has 19 heavy (non-hydrogen) atoms. The highest BCUT2D eigenvalue weighted by atomic mass is 16.5.